The van der Waals surface area contributed by atoms with Gasteiger partial charge in [0.25, 0.3) is 5.91 Å². The molecule has 1 aromatic heterocycles. The summed E-state index contributed by atoms with van der Waals surface area (Å²) in [6.07, 6.45) is 0. The molecule has 0 bridgehead atoms. The summed E-state index contributed by atoms with van der Waals surface area (Å²) in [5.41, 5.74) is 6.28. The number of hydrogen-bond donors (Lipinski definition) is 1. The third kappa shape index (κ3) is 4.00. The second kappa shape index (κ2) is 8.39. The van der Waals surface area contributed by atoms with Crippen LogP contribution in [0.25, 0.3) is 11.3 Å². The van der Waals surface area contributed by atoms with E-state index in [-0.39, 0.29) is 18.4 Å². The fraction of sp³-hybridized carbons (Fsp3) is 0.320. The van der Waals surface area contributed by atoms with E-state index >= 15 is 0 Å². The van der Waals surface area contributed by atoms with E-state index in [0.29, 0.717) is 11.4 Å². The molecule has 0 fully saturated rings. The van der Waals surface area contributed by atoms with Crippen LogP contribution < -0.4 is 15.0 Å². The maximum Gasteiger partial charge on any atom is 0.265 e. The molecule has 0 spiro atoms. The average Bonchev–Trinajstić information content (AvgIpc) is 3.07. The van der Waals surface area contributed by atoms with Crippen molar-refractivity contribution < 1.29 is 14.3 Å². The average molecular weight is 450 g/mol. The molecule has 1 atom stereocenters. The zero-order valence-corrected chi connectivity index (χ0v) is 20.0. The molecule has 7 heteroatoms. The van der Waals surface area contributed by atoms with Crippen molar-refractivity contribution in [1.29, 1.82) is 0 Å². The van der Waals surface area contributed by atoms with Crippen LogP contribution in [0.2, 0.25) is 0 Å². The lowest BCUT2D eigenvalue weighted by atomic mass is 10.0. The lowest BCUT2D eigenvalue weighted by molar-refractivity contribution is -0.125. The number of amides is 2. The molecule has 2 heterocycles. The van der Waals surface area contributed by atoms with E-state index in [0.717, 1.165) is 43.5 Å². The Balaban J connectivity index is 1.68. The van der Waals surface area contributed by atoms with Crippen molar-refractivity contribution in [2.45, 2.75) is 47.6 Å². The molecule has 166 valence electrons. The smallest absolute Gasteiger partial charge is 0.265 e. The monoisotopic (exact) mass is 449 g/mol. The highest BCUT2D eigenvalue weighted by atomic mass is 32.1. The Hall–Kier alpha value is -3.19. The topological polar surface area (TPSA) is 71.5 Å². The summed E-state index contributed by atoms with van der Waals surface area (Å²) >= 11 is 1.63. The van der Waals surface area contributed by atoms with Gasteiger partial charge in [-0.05, 0) is 70.9 Å². The van der Waals surface area contributed by atoms with Gasteiger partial charge in [-0.3, -0.25) is 14.5 Å². The lowest BCUT2D eigenvalue weighted by Gasteiger charge is -2.33. The predicted octanol–water partition coefficient (Wildman–Crippen LogP) is 5.10. The van der Waals surface area contributed by atoms with Crippen LogP contribution in [0.1, 0.15) is 33.5 Å². The van der Waals surface area contributed by atoms with Crippen LogP contribution in [-0.4, -0.2) is 29.4 Å². The standard InChI is InChI=1S/C25H27N3O3S/c1-13-9-14(2)23(15(3)10-13)27-25(30)16(4)28-20-11-19(24-17(5)32-18(6)26-24)7-8-21(20)31-12-22(28)29/h7-11,16H,12H2,1-6H3,(H,27,30). The van der Waals surface area contributed by atoms with Crippen molar-refractivity contribution in [3.8, 4) is 17.0 Å². The highest BCUT2D eigenvalue weighted by molar-refractivity contribution is 7.11. The van der Waals surface area contributed by atoms with Crippen LogP contribution in [0.3, 0.4) is 0 Å². The van der Waals surface area contributed by atoms with E-state index in [1.165, 1.54) is 4.90 Å². The van der Waals surface area contributed by atoms with Gasteiger partial charge in [-0.15, -0.1) is 11.3 Å². The number of fused-ring (bicyclic) bond motifs is 1. The minimum Gasteiger partial charge on any atom is -0.482 e. The van der Waals surface area contributed by atoms with Crippen molar-refractivity contribution in [2.75, 3.05) is 16.8 Å². The Bertz CT molecular complexity index is 1210. The maximum absolute atomic E-state index is 13.2. The number of rotatable bonds is 4. The number of carbonyl (C=O) groups excluding carboxylic acids is 2. The van der Waals surface area contributed by atoms with Crippen LogP contribution in [0.4, 0.5) is 11.4 Å². The lowest BCUT2D eigenvalue weighted by Crippen LogP contribution is -2.49. The molecule has 3 aromatic rings. The van der Waals surface area contributed by atoms with Gasteiger partial charge in [0, 0.05) is 16.1 Å². The van der Waals surface area contributed by atoms with Crippen LogP contribution in [0.5, 0.6) is 5.75 Å². The Kier molecular flexibility index (Phi) is 5.77. The zero-order valence-electron chi connectivity index (χ0n) is 19.2. The molecule has 0 saturated heterocycles. The second-order valence-electron chi connectivity index (χ2n) is 8.31. The SMILES string of the molecule is Cc1cc(C)c(NC(=O)C(C)N2C(=O)COc3ccc(-c4nc(C)sc4C)cc32)c(C)c1. The fourth-order valence-corrected chi connectivity index (χ4v) is 5.10. The highest BCUT2D eigenvalue weighted by Gasteiger charge is 2.34. The molecule has 0 radical (unpaired) electrons. The zero-order chi connectivity index (χ0) is 23.2. The number of hydrogen-bond acceptors (Lipinski definition) is 5. The number of anilines is 2. The molecular formula is C25H27N3O3S. The molecule has 4 rings (SSSR count). The molecule has 0 aliphatic carbocycles. The Morgan fingerprint density at radius 3 is 2.44 bits per heavy atom. The largest absolute Gasteiger partial charge is 0.482 e. The summed E-state index contributed by atoms with van der Waals surface area (Å²) < 4.78 is 5.65. The molecule has 2 aromatic carbocycles. The van der Waals surface area contributed by atoms with E-state index in [1.807, 2.05) is 65.0 Å². The Labute approximate surface area is 192 Å². The van der Waals surface area contributed by atoms with Crippen LogP contribution in [-0.2, 0) is 9.59 Å². The van der Waals surface area contributed by atoms with Crippen LogP contribution in [0, 0.1) is 34.6 Å². The quantitative estimate of drug-likeness (QED) is 0.601. The number of aryl methyl sites for hydroxylation is 5. The van der Waals surface area contributed by atoms with Crippen molar-refractivity contribution in [3.05, 3.63) is 56.9 Å². The number of nitrogens with zero attached hydrogens (tertiary/aromatic N) is 2. The van der Waals surface area contributed by atoms with Crippen molar-refractivity contribution >= 4 is 34.5 Å². The summed E-state index contributed by atoms with van der Waals surface area (Å²) in [6.45, 7) is 11.6. The van der Waals surface area contributed by atoms with Gasteiger partial charge in [0.1, 0.15) is 11.8 Å². The summed E-state index contributed by atoms with van der Waals surface area (Å²) in [5, 5.41) is 4.01. The second-order valence-corrected chi connectivity index (χ2v) is 9.72. The molecule has 1 aliphatic rings. The normalized spacial score (nSPS) is 14.1. The third-order valence-electron chi connectivity index (χ3n) is 5.71. The fourth-order valence-electron chi connectivity index (χ4n) is 4.26. The minimum absolute atomic E-state index is 0.0958. The number of aromatic nitrogens is 1. The first-order valence-corrected chi connectivity index (χ1v) is 11.4. The Morgan fingerprint density at radius 2 is 1.81 bits per heavy atom. The van der Waals surface area contributed by atoms with Crippen molar-refractivity contribution in [1.82, 2.24) is 4.98 Å². The van der Waals surface area contributed by atoms with E-state index in [4.69, 9.17) is 4.74 Å². The number of nitrogens with one attached hydrogen (secondary N) is 1. The van der Waals surface area contributed by atoms with Gasteiger partial charge >= 0.3 is 0 Å². The molecule has 6 nitrogen and oxygen atoms in total. The molecule has 0 saturated carbocycles. The summed E-state index contributed by atoms with van der Waals surface area (Å²) in [6, 6.07) is 9.04. The summed E-state index contributed by atoms with van der Waals surface area (Å²) in [5.74, 6) is 0.0912. The molecule has 32 heavy (non-hydrogen) atoms. The van der Waals surface area contributed by atoms with E-state index in [9.17, 15) is 9.59 Å². The van der Waals surface area contributed by atoms with Gasteiger partial charge in [-0.1, -0.05) is 17.7 Å². The predicted molar refractivity (Wildman–Crippen MR) is 129 cm³/mol. The van der Waals surface area contributed by atoms with Crippen molar-refractivity contribution in [3.63, 3.8) is 0 Å². The van der Waals surface area contributed by atoms with Crippen molar-refractivity contribution in [2.24, 2.45) is 0 Å². The van der Waals surface area contributed by atoms with Gasteiger partial charge in [0.15, 0.2) is 6.61 Å². The van der Waals surface area contributed by atoms with Gasteiger partial charge in [-0.25, -0.2) is 4.98 Å². The molecule has 1 N–H and O–H groups in total. The van der Waals surface area contributed by atoms with Crippen LogP contribution >= 0.6 is 11.3 Å². The van der Waals surface area contributed by atoms with Gasteiger partial charge in [-0.2, -0.15) is 0 Å². The Morgan fingerprint density at radius 1 is 1.12 bits per heavy atom. The highest BCUT2D eigenvalue weighted by Crippen LogP contribution is 2.38. The molecule has 1 unspecified atom stereocenters. The first kappa shape index (κ1) is 22.0. The maximum atomic E-state index is 13.2. The van der Waals surface area contributed by atoms with Gasteiger partial charge < -0.3 is 10.1 Å². The molecule has 1 aliphatic heterocycles. The van der Waals surface area contributed by atoms with Gasteiger partial charge in [0.2, 0.25) is 5.91 Å². The van der Waals surface area contributed by atoms with Gasteiger partial charge in [0.05, 0.1) is 16.4 Å². The molecular weight excluding hydrogens is 422 g/mol. The van der Waals surface area contributed by atoms with Crippen LogP contribution in [0.15, 0.2) is 30.3 Å². The number of carbonyl (C=O) groups is 2. The van der Waals surface area contributed by atoms with E-state index in [1.54, 1.807) is 18.3 Å². The first-order valence-electron chi connectivity index (χ1n) is 10.6. The van der Waals surface area contributed by atoms with E-state index in [2.05, 4.69) is 10.3 Å². The summed E-state index contributed by atoms with van der Waals surface area (Å²) in [7, 11) is 0. The molecule has 2 amide bonds. The summed E-state index contributed by atoms with van der Waals surface area (Å²) in [4.78, 5) is 33.3. The minimum atomic E-state index is -0.709. The number of thiazole rings is 1. The number of ether oxygens (including phenoxy) is 1. The first-order chi connectivity index (χ1) is 15.2. The third-order valence-corrected chi connectivity index (χ3v) is 6.59. The van der Waals surface area contributed by atoms with E-state index < -0.39 is 6.04 Å². The number of benzene rings is 2.